The Morgan fingerprint density at radius 1 is 1.12 bits per heavy atom. The van der Waals surface area contributed by atoms with Crippen molar-refractivity contribution in [3.05, 3.63) is 29.8 Å². The van der Waals surface area contributed by atoms with Gasteiger partial charge in [-0.15, -0.1) is 0 Å². The van der Waals surface area contributed by atoms with Gasteiger partial charge in [0, 0.05) is 10.9 Å². The zero-order valence-corrected chi connectivity index (χ0v) is 11.6. The first-order valence-corrected chi connectivity index (χ1v) is 7.44. The maximum Gasteiger partial charge on any atom is 0.154 e. The second-order valence-electron chi connectivity index (χ2n) is 4.98. The lowest BCUT2D eigenvalue weighted by atomic mass is 9.87. The molecule has 1 aromatic carbocycles. The van der Waals surface area contributed by atoms with E-state index in [4.69, 9.17) is 5.11 Å². The number of aliphatic hydroxyl groups is 1. The summed E-state index contributed by atoms with van der Waals surface area (Å²) in [5.41, 5.74) is 1.60. The van der Waals surface area contributed by atoms with Gasteiger partial charge in [0.2, 0.25) is 0 Å². The molecule has 1 nitrogen and oxygen atoms in total. The summed E-state index contributed by atoms with van der Waals surface area (Å²) in [5.74, 6) is 2.01. The number of hydrogen-bond donors (Lipinski definition) is 1. The van der Waals surface area contributed by atoms with Crippen LogP contribution >= 0.6 is 0 Å². The van der Waals surface area contributed by atoms with E-state index in [9.17, 15) is 0 Å². The highest BCUT2D eigenvalue weighted by Gasteiger charge is 2.20. The normalized spacial score (nSPS) is 13.8. The molecule has 0 bridgehead atoms. The van der Waals surface area contributed by atoms with Crippen LogP contribution in [0.15, 0.2) is 29.2 Å². The van der Waals surface area contributed by atoms with Crippen LogP contribution in [0.25, 0.3) is 0 Å². The van der Waals surface area contributed by atoms with E-state index in [0.29, 0.717) is 0 Å². The Bertz CT molecular complexity index is 311. The molecular formula is C14H23OS+. The van der Waals surface area contributed by atoms with E-state index >= 15 is 0 Å². The SMILES string of the molecule is CC[S+](CCO)c1ccc(C(C)(C)C)cc1. The average molecular weight is 239 g/mol. The highest BCUT2D eigenvalue weighted by Crippen LogP contribution is 2.24. The molecule has 0 saturated heterocycles. The number of hydrogen-bond acceptors (Lipinski definition) is 1. The van der Waals surface area contributed by atoms with Gasteiger partial charge in [-0.25, -0.2) is 0 Å². The molecule has 16 heavy (non-hydrogen) atoms. The van der Waals surface area contributed by atoms with Crippen LogP contribution in [-0.4, -0.2) is 23.2 Å². The molecule has 0 saturated carbocycles. The van der Waals surface area contributed by atoms with E-state index < -0.39 is 0 Å². The largest absolute Gasteiger partial charge is 0.391 e. The van der Waals surface area contributed by atoms with Gasteiger partial charge < -0.3 is 5.11 Å². The molecule has 0 spiro atoms. The van der Waals surface area contributed by atoms with Crippen molar-refractivity contribution in [2.45, 2.75) is 38.0 Å². The number of benzene rings is 1. The molecule has 0 aliphatic carbocycles. The Labute approximate surface area is 102 Å². The summed E-state index contributed by atoms with van der Waals surface area (Å²) < 4.78 is 0. The summed E-state index contributed by atoms with van der Waals surface area (Å²) in [7, 11) is 0.220. The smallest absolute Gasteiger partial charge is 0.154 e. The second kappa shape index (κ2) is 5.74. The number of rotatable bonds is 4. The highest BCUT2D eigenvalue weighted by molar-refractivity contribution is 7.96. The molecule has 1 aromatic rings. The van der Waals surface area contributed by atoms with Crippen molar-refractivity contribution < 1.29 is 5.11 Å². The molecule has 1 N–H and O–H groups in total. The van der Waals surface area contributed by atoms with Crippen LogP contribution in [0.1, 0.15) is 33.3 Å². The van der Waals surface area contributed by atoms with E-state index in [0.717, 1.165) is 11.5 Å². The molecule has 0 fully saturated rings. The van der Waals surface area contributed by atoms with Gasteiger partial charge in [0.15, 0.2) is 4.90 Å². The van der Waals surface area contributed by atoms with Crippen LogP contribution in [0.4, 0.5) is 0 Å². The Balaban J connectivity index is 2.85. The van der Waals surface area contributed by atoms with Crippen LogP contribution in [0.2, 0.25) is 0 Å². The van der Waals surface area contributed by atoms with E-state index in [1.165, 1.54) is 10.5 Å². The first-order chi connectivity index (χ1) is 7.49. The molecule has 0 aromatic heterocycles. The molecule has 1 unspecified atom stereocenters. The van der Waals surface area contributed by atoms with Gasteiger partial charge in [-0.2, -0.15) is 0 Å². The van der Waals surface area contributed by atoms with Gasteiger partial charge in [-0.05, 0) is 30.0 Å². The quantitative estimate of drug-likeness (QED) is 0.801. The van der Waals surface area contributed by atoms with E-state index in [-0.39, 0.29) is 22.9 Å². The fourth-order valence-electron chi connectivity index (χ4n) is 1.69. The van der Waals surface area contributed by atoms with Crippen molar-refractivity contribution in [2.24, 2.45) is 0 Å². The zero-order chi connectivity index (χ0) is 12.2. The first kappa shape index (κ1) is 13.6. The minimum absolute atomic E-state index is 0.220. The van der Waals surface area contributed by atoms with Crippen LogP contribution in [0.3, 0.4) is 0 Å². The summed E-state index contributed by atoms with van der Waals surface area (Å²) in [6.45, 7) is 9.17. The van der Waals surface area contributed by atoms with Crippen LogP contribution in [0, 0.1) is 0 Å². The third-order valence-electron chi connectivity index (χ3n) is 2.74. The lowest BCUT2D eigenvalue weighted by molar-refractivity contribution is 0.322. The van der Waals surface area contributed by atoms with E-state index in [2.05, 4.69) is 52.0 Å². The van der Waals surface area contributed by atoms with Gasteiger partial charge in [0.05, 0.1) is 6.61 Å². The molecule has 2 heteroatoms. The van der Waals surface area contributed by atoms with Crippen molar-refractivity contribution in [1.29, 1.82) is 0 Å². The maximum atomic E-state index is 9.02. The minimum Gasteiger partial charge on any atom is -0.391 e. The predicted octanol–water partition coefficient (Wildman–Crippen LogP) is 2.97. The minimum atomic E-state index is 0.220. The molecule has 0 heterocycles. The van der Waals surface area contributed by atoms with Gasteiger partial charge >= 0.3 is 0 Å². The fraction of sp³-hybridized carbons (Fsp3) is 0.571. The van der Waals surface area contributed by atoms with E-state index in [1.54, 1.807) is 0 Å². The first-order valence-electron chi connectivity index (χ1n) is 5.88. The van der Waals surface area contributed by atoms with Crippen molar-refractivity contribution in [1.82, 2.24) is 0 Å². The molecular weight excluding hydrogens is 216 g/mol. The molecule has 0 aliphatic rings. The van der Waals surface area contributed by atoms with Gasteiger partial charge in [-0.3, -0.25) is 0 Å². The number of aliphatic hydroxyl groups excluding tert-OH is 1. The van der Waals surface area contributed by atoms with Gasteiger partial charge in [-0.1, -0.05) is 32.9 Å². The van der Waals surface area contributed by atoms with E-state index in [1.807, 2.05) is 0 Å². The van der Waals surface area contributed by atoms with Crippen molar-refractivity contribution >= 4 is 10.9 Å². The monoisotopic (exact) mass is 239 g/mol. The third-order valence-corrected chi connectivity index (χ3v) is 5.05. The van der Waals surface area contributed by atoms with Crippen molar-refractivity contribution in [3.8, 4) is 0 Å². The topological polar surface area (TPSA) is 20.2 Å². The maximum absolute atomic E-state index is 9.02. The molecule has 1 rings (SSSR count). The van der Waals surface area contributed by atoms with Crippen molar-refractivity contribution in [3.63, 3.8) is 0 Å². The average Bonchev–Trinajstić information content (AvgIpc) is 2.25. The molecule has 1 atom stereocenters. The fourth-order valence-corrected chi connectivity index (χ4v) is 3.29. The van der Waals surface area contributed by atoms with Crippen LogP contribution in [-0.2, 0) is 16.3 Å². The van der Waals surface area contributed by atoms with Crippen LogP contribution in [0.5, 0.6) is 0 Å². The van der Waals surface area contributed by atoms with Gasteiger partial charge in [0.1, 0.15) is 11.5 Å². The van der Waals surface area contributed by atoms with Gasteiger partial charge in [0.25, 0.3) is 0 Å². The van der Waals surface area contributed by atoms with Crippen molar-refractivity contribution in [2.75, 3.05) is 18.1 Å². The zero-order valence-electron chi connectivity index (χ0n) is 10.8. The van der Waals surface area contributed by atoms with Crippen LogP contribution < -0.4 is 0 Å². The summed E-state index contributed by atoms with van der Waals surface area (Å²) in [6.07, 6.45) is 0. The highest BCUT2D eigenvalue weighted by atomic mass is 32.2. The second-order valence-corrected chi connectivity index (χ2v) is 7.43. The molecule has 0 amide bonds. The molecule has 90 valence electrons. The predicted molar refractivity (Wildman–Crippen MR) is 73.3 cm³/mol. The Hall–Kier alpha value is -0.470. The summed E-state index contributed by atoms with van der Waals surface area (Å²) >= 11 is 0. The Morgan fingerprint density at radius 3 is 2.06 bits per heavy atom. The summed E-state index contributed by atoms with van der Waals surface area (Å²) in [4.78, 5) is 1.38. The lowest BCUT2D eigenvalue weighted by Gasteiger charge is -2.18. The molecule has 0 radical (unpaired) electrons. The lowest BCUT2D eigenvalue weighted by Crippen LogP contribution is -2.15. The Kier molecular flexibility index (Phi) is 4.88. The summed E-state index contributed by atoms with van der Waals surface area (Å²) in [5, 5.41) is 9.02. The standard InChI is InChI=1S/C14H23OS/c1-5-16(11-10-15)13-8-6-12(7-9-13)14(2,3)4/h6-9,15H,5,10-11H2,1-4H3/q+1. The Morgan fingerprint density at radius 2 is 1.69 bits per heavy atom. The molecule has 0 aliphatic heterocycles. The summed E-state index contributed by atoms with van der Waals surface area (Å²) in [6, 6.07) is 8.90. The third kappa shape index (κ3) is 3.53.